The minimum atomic E-state index is -1.51. The van der Waals surface area contributed by atoms with Crippen molar-refractivity contribution in [2.75, 3.05) is 11.5 Å². The number of nitrogens with zero attached hydrogens (tertiary/aromatic N) is 1. The molecule has 0 amide bonds. The van der Waals surface area contributed by atoms with Gasteiger partial charge in [-0.15, -0.1) is 0 Å². The van der Waals surface area contributed by atoms with E-state index in [9.17, 15) is 14.4 Å². The Hall–Kier alpha value is -3.70. The summed E-state index contributed by atoms with van der Waals surface area (Å²) in [4.78, 5) is 44.3. The van der Waals surface area contributed by atoms with Crippen molar-refractivity contribution in [3.8, 4) is 5.75 Å². The van der Waals surface area contributed by atoms with Crippen molar-refractivity contribution in [3.05, 3.63) is 100 Å². The Bertz CT molecular complexity index is 1440. The largest absolute Gasteiger partial charge is 0.494 e. The molecule has 0 radical (unpaired) electrons. The molecule has 5 nitrogen and oxygen atoms in total. The predicted octanol–water partition coefficient (Wildman–Crippen LogP) is 5.76. The molecule has 0 N–H and O–H groups in total. The first kappa shape index (κ1) is 22.7. The highest BCUT2D eigenvalue weighted by Crippen LogP contribution is 2.61. The number of carbonyl (C=O) groups excluding carboxylic acids is 3. The smallest absolute Gasteiger partial charge is 0.180 e. The number of anilines is 1. The molecule has 1 saturated heterocycles. The summed E-state index contributed by atoms with van der Waals surface area (Å²) < 4.78 is 5.98. The van der Waals surface area contributed by atoms with Crippen LogP contribution in [0.15, 0.2) is 72.8 Å². The van der Waals surface area contributed by atoms with Crippen LogP contribution in [0.25, 0.3) is 6.08 Å². The first-order valence-electron chi connectivity index (χ1n) is 12.1. The Morgan fingerprint density at radius 2 is 1.67 bits per heavy atom. The van der Waals surface area contributed by atoms with E-state index in [1.807, 2.05) is 60.4 Å². The zero-order valence-corrected chi connectivity index (χ0v) is 20.7. The summed E-state index contributed by atoms with van der Waals surface area (Å²) in [7, 11) is 0. The van der Waals surface area contributed by atoms with Crippen molar-refractivity contribution in [2.45, 2.75) is 31.8 Å². The maximum atomic E-state index is 14.4. The van der Waals surface area contributed by atoms with Crippen LogP contribution < -0.4 is 9.64 Å². The molecular formula is C30H24ClNO4. The fourth-order valence-corrected chi connectivity index (χ4v) is 6.65. The zero-order chi connectivity index (χ0) is 25.2. The van der Waals surface area contributed by atoms with E-state index in [-0.39, 0.29) is 17.3 Å². The van der Waals surface area contributed by atoms with E-state index >= 15 is 0 Å². The molecule has 1 aliphatic carbocycles. The van der Waals surface area contributed by atoms with Crippen LogP contribution in [0.3, 0.4) is 0 Å². The average Bonchev–Trinajstić information content (AvgIpc) is 3.31. The lowest BCUT2D eigenvalue weighted by atomic mass is 9.64. The highest BCUT2D eigenvalue weighted by Gasteiger charge is 2.71. The number of hydrogen-bond donors (Lipinski definition) is 0. The third kappa shape index (κ3) is 2.86. The molecule has 0 unspecified atom stereocenters. The number of ketones is 3. The zero-order valence-electron chi connectivity index (χ0n) is 19.9. The molecule has 36 heavy (non-hydrogen) atoms. The van der Waals surface area contributed by atoms with Gasteiger partial charge in [-0.05, 0) is 43.7 Å². The number of fused-ring (bicyclic) bond motifs is 5. The fourth-order valence-electron chi connectivity index (χ4n) is 6.47. The lowest BCUT2D eigenvalue weighted by Crippen LogP contribution is -2.48. The summed E-state index contributed by atoms with van der Waals surface area (Å²) >= 11 is 6.28. The highest BCUT2D eigenvalue weighted by molar-refractivity contribution is 6.32. The summed E-state index contributed by atoms with van der Waals surface area (Å²) in [6, 6.07) is 18.5. The van der Waals surface area contributed by atoms with E-state index in [1.54, 1.807) is 30.3 Å². The van der Waals surface area contributed by atoms with Gasteiger partial charge in [-0.25, -0.2) is 0 Å². The maximum absolute atomic E-state index is 14.4. The molecule has 0 saturated carbocycles. The molecule has 1 spiro atoms. The topological polar surface area (TPSA) is 63.7 Å². The van der Waals surface area contributed by atoms with Gasteiger partial charge in [-0.2, -0.15) is 0 Å². The van der Waals surface area contributed by atoms with Crippen molar-refractivity contribution in [3.63, 3.8) is 0 Å². The van der Waals surface area contributed by atoms with Gasteiger partial charge < -0.3 is 9.64 Å². The first-order chi connectivity index (χ1) is 17.4. The standard InChI is InChI=1S/C30H24ClNO4/c1-3-36-24-11-7-6-10-22(24)26-27(17(2)33)32-23-14-13-19(31)16-18(23)12-15-25(32)30(26)28(34)20-8-4-5-9-21(20)29(30)35/h4-16,25-27H,3H2,1-2H3/t25-,26-,27+/m1/s1. The van der Waals surface area contributed by atoms with Gasteiger partial charge >= 0.3 is 0 Å². The molecule has 1 fully saturated rings. The number of halogens is 1. The average molecular weight is 498 g/mol. The predicted molar refractivity (Wildman–Crippen MR) is 139 cm³/mol. The number of carbonyl (C=O) groups is 3. The van der Waals surface area contributed by atoms with E-state index in [0.717, 1.165) is 11.3 Å². The van der Waals surface area contributed by atoms with Crippen LogP contribution in [0.2, 0.25) is 5.02 Å². The van der Waals surface area contributed by atoms with Crippen molar-refractivity contribution in [2.24, 2.45) is 5.41 Å². The Morgan fingerprint density at radius 1 is 1.00 bits per heavy atom. The van der Waals surface area contributed by atoms with Crippen LogP contribution in [-0.4, -0.2) is 36.0 Å². The lowest BCUT2D eigenvalue weighted by Gasteiger charge is -2.37. The Balaban J connectivity index is 1.69. The number of hydrogen-bond acceptors (Lipinski definition) is 5. The molecule has 180 valence electrons. The van der Waals surface area contributed by atoms with Gasteiger partial charge in [0.25, 0.3) is 0 Å². The summed E-state index contributed by atoms with van der Waals surface area (Å²) in [5.41, 5.74) is 1.60. The molecule has 2 aliphatic heterocycles. The molecule has 6 heteroatoms. The van der Waals surface area contributed by atoms with Gasteiger partial charge in [0.15, 0.2) is 17.3 Å². The summed E-state index contributed by atoms with van der Waals surface area (Å²) in [6.45, 7) is 3.83. The van der Waals surface area contributed by atoms with Crippen LogP contribution in [0.4, 0.5) is 5.69 Å². The molecule has 3 aliphatic rings. The summed E-state index contributed by atoms with van der Waals surface area (Å²) in [6.07, 6.45) is 3.79. The maximum Gasteiger partial charge on any atom is 0.180 e. The van der Waals surface area contributed by atoms with Crippen molar-refractivity contribution in [1.29, 1.82) is 0 Å². The number of rotatable bonds is 4. The van der Waals surface area contributed by atoms with E-state index in [1.165, 1.54) is 6.92 Å². The monoisotopic (exact) mass is 497 g/mol. The van der Waals surface area contributed by atoms with E-state index in [4.69, 9.17) is 16.3 Å². The summed E-state index contributed by atoms with van der Waals surface area (Å²) in [5.74, 6) is -0.796. The second-order valence-electron chi connectivity index (χ2n) is 9.49. The molecule has 3 aromatic carbocycles. The SMILES string of the molecule is CCOc1ccccc1[C@@H]1[C@H](C(C)=O)N2c3ccc(Cl)cc3C=C[C@@H]2C12C(=O)c1ccccc1C2=O. The lowest BCUT2D eigenvalue weighted by molar-refractivity contribution is -0.118. The second kappa shape index (κ2) is 8.17. The van der Waals surface area contributed by atoms with Crippen LogP contribution in [0.5, 0.6) is 5.75 Å². The van der Waals surface area contributed by atoms with Gasteiger partial charge in [0.1, 0.15) is 11.2 Å². The molecule has 0 bridgehead atoms. The Morgan fingerprint density at radius 3 is 2.33 bits per heavy atom. The van der Waals surface area contributed by atoms with E-state index in [0.29, 0.717) is 34.1 Å². The minimum absolute atomic E-state index is 0.124. The molecule has 0 aromatic heterocycles. The highest BCUT2D eigenvalue weighted by atomic mass is 35.5. The number of ether oxygens (including phenoxy) is 1. The van der Waals surface area contributed by atoms with Gasteiger partial charge in [0.05, 0.1) is 18.7 Å². The van der Waals surface area contributed by atoms with Gasteiger partial charge in [0, 0.05) is 33.3 Å². The second-order valence-corrected chi connectivity index (χ2v) is 9.93. The fraction of sp³-hybridized carbons (Fsp3) is 0.233. The Kier molecular flexibility index (Phi) is 5.16. The number of Topliss-reactive ketones (excluding diaryl/α,β-unsaturated/α-hetero) is 3. The van der Waals surface area contributed by atoms with Crippen molar-refractivity contribution < 1.29 is 19.1 Å². The van der Waals surface area contributed by atoms with Crippen molar-refractivity contribution in [1.82, 2.24) is 0 Å². The molecule has 3 atom stereocenters. The van der Waals surface area contributed by atoms with Gasteiger partial charge in [0.2, 0.25) is 0 Å². The Labute approximate surface area is 214 Å². The van der Waals surface area contributed by atoms with E-state index in [2.05, 4.69) is 0 Å². The molecule has 6 rings (SSSR count). The third-order valence-electron chi connectivity index (χ3n) is 7.74. The normalized spacial score (nSPS) is 23.0. The van der Waals surface area contributed by atoms with Crippen LogP contribution in [0.1, 0.15) is 51.6 Å². The third-order valence-corrected chi connectivity index (χ3v) is 7.97. The van der Waals surface area contributed by atoms with Gasteiger partial charge in [-0.1, -0.05) is 66.2 Å². The van der Waals surface area contributed by atoms with Crippen LogP contribution >= 0.6 is 11.6 Å². The molecule has 2 heterocycles. The van der Waals surface area contributed by atoms with E-state index < -0.39 is 23.4 Å². The molecule has 3 aromatic rings. The minimum Gasteiger partial charge on any atom is -0.494 e. The molecular weight excluding hydrogens is 474 g/mol. The number of benzene rings is 3. The van der Waals surface area contributed by atoms with Gasteiger partial charge in [-0.3, -0.25) is 14.4 Å². The quantitative estimate of drug-likeness (QED) is 0.429. The van der Waals surface area contributed by atoms with Crippen LogP contribution in [0, 0.1) is 5.41 Å². The number of para-hydroxylation sites is 1. The first-order valence-corrected chi connectivity index (χ1v) is 12.5. The summed E-state index contributed by atoms with van der Waals surface area (Å²) in [5, 5.41) is 0.573. The van der Waals surface area contributed by atoms with Crippen molar-refractivity contribution >= 4 is 40.7 Å². The van der Waals surface area contributed by atoms with Crippen LogP contribution in [-0.2, 0) is 4.79 Å².